The Bertz CT molecular complexity index is 518. The average Bonchev–Trinajstić information content (AvgIpc) is 3.09. The van der Waals surface area contributed by atoms with Gasteiger partial charge in [0, 0.05) is 24.5 Å². The number of rotatable bonds is 6. The van der Waals surface area contributed by atoms with Gasteiger partial charge in [-0.05, 0) is 19.8 Å². The fraction of sp³-hybridized carbons (Fsp3) is 0.692. The molecule has 1 rings (SSSR count). The Morgan fingerprint density at radius 2 is 1.68 bits per heavy atom. The number of thiazole rings is 1. The van der Waals surface area contributed by atoms with E-state index < -0.39 is 20.1 Å². The molecule has 12 heteroatoms. The molecule has 0 aliphatic rings. The second-order valence-electron chi connectivity index (χ2n) is 5.04. The number of nitrogens with one attached hydrogen (secondary N) is 1. The number of amides is 1. The van der Waals surface area contributed by atoms with Crippen LogP contribution in [-0.4, -0.2) is 41.9 Å². The molecule has 1 aromatic rings. The van der Waals surface area contributed by atoms with Crippen molar-refractivity contribution >= 4 is 32.4 Å². The average molecular weight is 418 g/mol. The topological polar surface area (TPSA) is 157 Å². The van der Waals surface area contributed by atoms with Gasteiger partial charge in [0.05, 0.1) is 5.51 Å². The molecule has 5 N–H and O–H groups in total. The summed E-state index contributed by atoms with van der Waals surface area (Å²) in [6, 6.07) is 0. The minimum absolute atomic E-state index is 0.145. The zero-order chi connectivity index (χ0) is 20.1. The molecule has 1 heterocycles. The number of aromatic nitrogens is 1. The molecule has 0 saturated heterocycles. The molecule has 1 amide bonds. The van der Waals surface area contributed by atoms with Crippen LogP contribution in [-0.2, 0) is 13.9 Å². The van der Waals surface area contributed by atoms with Gasteiger partial charge in [-0.2, -0.15) is 0 Å². The fourth-order valence-electron chi connectivity index (χ4n) is 1.15. The Kier molecular flexibility index (Phi) is 13.5. The maximum Gasteiger partial charge on any atom is 0.343 e. The third-order valence-electron chi connectivity index (χ3n) is 3.17. The van der Waals surface area contributed by atoms with E-state index >= 15 is 0 Å². The molecule has 0 bridgehead atoms. The van der Waals surface area contributed by atoms with Crippen molar-refractivity contribution in [2.75, 3.05) is 6.54 Å². The molecule has 0 fully saturated rings. The van der Waals surface area contributed by atoms with E-state index in [0.717, 1.165) is 19.9 Å². The summed E-state index contributed by atoms with van der Waals surface area (Å²) in [7, 11) is -9.54. The monoisotopic (exact) mass is 418 g/mol. The Morgan fingerprint density at radius 3 is 1.84 bits per heavy atom. The molecule has 148 valence electrons. The van der Waals surface area contributed by atoms with E-state index in [1.54, 1.807) is 23.0 Å². The van der Waals surface area contributed by atoms with E-state index in [4.69, 9.17) is 19.6 Å². The highest BCUT2D eigenvalue weighted by molar-refractivity contribution is 7.72. The minimum atomic E-state index is -4.77. The van der Waals surface area contributed by atoms with Crippen LogP contribution in [0.5, 0.6) is 0 Å². The highest BCUT2D eigenvalue weighted by Crippen LogP contribution is 2.70. The normalized spacial score (nSPS) is 11.5. The Labute approximate surface area is 152 Å². The van der Waals surface area contributed by atoms with Crippen molar-refractivity contribution in [3.8, 4) is 0 Å². The first-order chi connectivity index (χ1) is 11.4. The first-order valence-corrected chi connectivity index (χ1v) is 11.7. The summed E-state index contributed by atoms with van der Waals surface area (Å²) in [6.07, 6.45) is 3.11. The molecule has 0 spiro atoms. The minimum Gasteiger partial charge on any atom is -0.356 e. The van der Waals surface area contributed by atoms with Crippen LogP contribution in [0.2, 0.25) is 0 Å². The summed E-state index contributed by atoms with van der Waals surface area (Å²) in [6.45, 7) is 6.90. The quantitative estimate of drug-likeness (QED) is 0.441. The van der Waals surface area contributed by atoms with Gasteiger partial charge in [0.1, 0.15) is 0 Å². The van der Waals surface area contributed by atoms with Crippen LogP contribution in [0.1, 0.15) is 47.0 Å². The van der Waals surface area contributed by atoms with Crippen LogP contribution in [0.25, 0.3) is 0 Å². The SMILES string of the molecule is CCC(C)(P(=O)(O)O)P(=O)(O)O.CCCNC(=O)CC.c1cscn1. The van der Waals surface area contributed by atoms with Gasteiger partial charge in [0.2, 0.25) is 5.91 Å². The lowest BCUT2D eigenvalue weighted by Crippen LogP contribution is -2.23. The maximum absolute atomic E-state index is 10.7. The van der Waals surface area contributed by atoms with Crippen molar-refractivity contribution in [2.24, 2.45) is 0 Å². The summed E-state index contributed by atoms with van der Waals surface area (Å²) in [5.41, 5.74) is 1.79. The van der Waals surface area contributed by atoms with Crippen molar-refractivity contribution in [3.63, 3.8) is 0 Å². The lowest BCUT2D eigenvalue weighted by atomic mass is 10.4. The third-order valence-corrected chi connectivity index (χ3v) is 8.39. The second-order valence-corrected chi connectivity index (χ2v) is 10.3. The zero-order valence-corrected chi connectivity index (χ0v) is 17.4. The molecule has 1 aromatic heterocycles. The maximum atomic E-state index is 10.7. The van der Waals surface area contributed by atoms with Gasteiger partial charge in [-0.25, -0.2) is 0 Å². The Hall–Kier alpha value is -0.600. The molecule has 9 nitrogen and oxygen atoms in total. The molecular weight excluding hydrogens is 390 g/mol. The molecule has 0 unspecified atom stereocenters. The van der Waals surface area contributed by atoms with Crippen molar-refractivity contribution < 1.29 is 33.5 Å². The second kappa shape index (κ2) is 12.7. The predicted octanol–water partition coefficient (Wildman–Crippen LogP) is 2.53. The summed E-state index contributed by atoms with van der Waals surface area (Å²) >= 11 is 1.60. The Morgan fingerprint density at radius 1 is 1.16 bits per heavy atom. The molecule has 25 heavy (non-hydrogen) atoms. The smallest absolute Gasteiger partial charge is 0.343 e. The van der Waals surface area contributed by atoms with Crippen LogP contribution in [0.3, 0.4) is 0 Å². The summed E-state index contributed by atoms with van der Waals surface area (Å²) in [5, 5.41) is 4.67. The summed E-state index contributed by atoms with van der Waals surface area (Å²) < 4.78 is 21.5. The Balaban J connectivity index is 0. The van der Waals surface area contributed by atoms with Gasteiger partial charge in [0.25, 0.3) is 0 Å². The van der Waals surface area contributed by atoms with Crippen molar-refractivity contribution in [2.45, 2.75) is 51.9 Å². The molecule has 0 saturated carbocycles. The van der Waals surface area contributed by atoms with Gasteiger partial charge in [0.15, 0.2) is 4.90 Å². The van der Waals surface area contributed by atoms with Crippen molar-refractivity contribution in [1.29, 1.82) is 0 Å². The van der Waals surface area contributed by atoms with E-state index in [2.05, 4.69) is 10.3 Å². The number of carbonyl (C=O) groups excluding carboxylic acids is 1. The highest BCUT2D eigenvalue weighted by Gasteiger charge is 2.54. The van der Waals surface area contributed by atoms with E-state index in [1.165, 1.54) is 6.92 Å². The molecular formula is C13H28N2O7P2S. The molecule has 0 aromatic carbocycles. The van der Waals surface area contributed by atoms with Gasteiger partial charge in [-0.1, -0.05) is 20.8 Å². The lowest BCUT2D eigenvalue weighted by Gasteiger charge is -2.29. The molecule has 0 atom stereocenters. The first kappa shape index (κ1) is 26.6. The largest absolute Gasteiger partial charge is 0.356 e. The number of carbonyl (C=O) groups is 1. The molecule has 0 radical (unpaired) electrons. The van der Waals surface area contributed by atoms with Crippen molar-refractivity contribution in [3.05, 3.63) is 17.1 Å². The first-order valence-electron chi connectivity index (χ1n) is 7.57. The van der Waals surface area contributed by atoms with Crippen LogP contribution in [0.4, 0.5) is 0 Å². The van der Waals surface area contributed by atoms with E-state index in [0.29, 0.717) is 6.42 Å². The number of hydrogen-bond donors (Lipinski definition) is 5. The summed E-state index contributed by atoms with van der Waals surface area (Å²) in [4.78, 5) is 46.7. The summed E-state index contributed by atoms with van der Waals surface area (Å²) in [5.74, 6) is 0.145. The predicted molar refractivity (Wildman–Crippen MR) is 98.5 cm³/mol. The zero-order valence-electron chi connectivity index (χ0n) is 14.8. The van der Waals surface area contributed by atoms with E-state index in [9.17, 15) is 13.9 Å². The molecule has 0 aliphatic carbocycles. The van der Waals surface area contributed by atoms with Crippen molar-refractivity contribution in [1.82, 2.24) is 10.3 Å². The van der Waals surface area contributed by atoms with E-state index in [-0.39, 0.29) is 12.3 Å². The fourth-order valence-corrected chi connectivity index (χ4v) is 3.68. The third kappa shape index (κ3) is 10.9. The van der Waals surface area contributed by atoms with Crippen LogP contribution in [0.15, 0.2) is 17.1 Å². The number of nitrogens with zero attached hydrogens (tertiary/aromatic N) is 1. The van der Waals surface area contributed by atoms with Gasteiger partial charge in [-0.3, -0.25) is 18.9 Å². The van der Waals surface area contributed by atoms with Crippen LogP contribution >= 0.6 is 26.5 Å². The standard InChI is InChI=1S/C6H13NO.C4H12O6P2.C3H3NS/c1-3-5-7-6(8)4-2;1-3-4(2,11(5,6)7)12(8,9)10;1-2-5-3-4-1/h3-5H2,1-2H3,(H,7,8);3H2,1-2H3,(H2,5,6,7)(H2,8,9,10);1-3H. The van der Waals surface area contributed by atoms with Crippen LogP contribution in [0, 0.1) is 0 Å². The van der Waals surface area contributed by atoms with Crippen LogP contribution < -0.4 is 5.32 Å². The highest BCUT2D eigenvalue weighted by atomic mass is 32.1. The number of hydrogen-bond acceptors (Lipinski definition) is 5. The van der Waals surface area contributed by atoms with Gasteiger partial charge < -0.3 is 24.9 Å². The van der Waals surface area contributed by atoms with Gasteiger partial charge >= 0.3 is 15.2 Å². The molecule has 0 aliphatic heterocycles. The van der Waals surface area contributed by atoms with Gasteiger partial charge in [-0.15, -0.1) is 11.3 Å². The lowest BCUT2D eigenvalue weighted by molar-refractivity contribution is -0.120. The van der Waals surface area contributed by atoms with E-state index in [1.807, 2.05) is 19.2 Å².